The standard InChI is InChI=1S/C87H69N3/c1-54-29-36-66(37-30-54)90-85-28-18-17-27-83(85)87(84-47-55(2)31-46-86(84)90,62-32-38-64(39-33-62)88(69-48-56(3)60(7)57(4)49-69)67-42-44-79-75-23-11-9-19-71(75)73-21-13-15-25-77(73)81(79)52-67)63-34-40-65(41-35-63)89(70-50-58(5)61(8)59(6)51-70)68-43-45-80-76-24-12-10-20-72(76)74-22-14-16-26-78(74)82(80)53-68/h9-53H,1-8H3. The van der Waals surface area contributed by atoms with Crippen LogP contribution in [0.3, 0.4) is 0 Å². The lowest BCUT2D eigenvalue weighted by Gasteiger charge is -2.47. The van der Waals surface area contributed by atoms with Crippen LogP contribution >= 0.6 is 0 Å². The van der Waals surface area contributed by atoms with Crippen LogP contribution in [0.25, 0.3) is 64.6 Å². The number of aryl methyl sites for hydroxylation is 6. The zero-order valence-electron chi connectivity index (χ0n) is 52.3. The van der Waals surface area contributed by atoms with Crippen molar-refractivity contribution in [3.05, 3.63) is 340 Å². The molecule has 1 heterocycles. The van der Waals surface area contributed by atoms with E-state index in [0.29, 0.717) is 0 Å². The quantitative estimate of drug-likeness (QED) is 0.133. The second-order valence-corrected chi connectivity index (χ2v) is 25.3. The Morgan fingerprint density at radius 2 is 0.578 bits per heavy atom. The van der Waals surface area contributed by atoms with E-state index in [1.54, 1.807) is 0 Å². The van der Waals surface area contributed by atoms with E-state index in [2.05, 4.69) is 343 Å². The van der Waals surface area contributed by atoms with E-state index in [4.69, 9.17) is 0 Å². The van der Waals surface area contributed by atoms with E-state index < -0.39 is 5.41 Å². The monoisotopic (exact) mass is 1160 g/mol. The lowest BCUT2D eigenvalue weighted by Crippen LogP contribution is -2.38. The highest BCUT2D eigenvalue weighted by Crippen LogP contribution is 2.59. The van der Waals surface area contributed by atoms with Crippen molar-refractivity contribution in [2.24, 2.45) is 0 Å². The first-order chi connectivity index (χ1) is 43.9. The molecule has 0 radical (unpaired) electrons. The van der Waals surface area contributed by atoms with E-state index in [1.807, 2.05) is 0 Å². The molecule has 0 saturated heterocycles. The molecular weight excluding hydrogens is 1090 g/mol. The van der Waals surface area contributed by atoms with Crippen LogP contribution in [-0.2, 0) is 5.41 Å². The Balaban J connectivity index is 0.920. The van der Waals surface area contributed by atoms with Gasteiger partial charge in [0.2, 0.25) is 0 Å². The van der Waals surface area contributed by atoms with Gasteiger partial charge in [-0.15, -0.1) is 0 Å². The highest BCUT2D eigenvalue weighted by atomic mass is 15.2. The largest absolute Gasteiger partial charge is 0.310 e. The van der Waals surface area contributed by atoms with Crippen LogP contribution in [0.1, 0.15) is 66.8 Å². The maximum absolute atomic E-state index is 2.48. The van der Waals surface area contributed by atoms with Crippen molar-refractivity contribution in [2.75, 3.05) is 14.7 Å². The fourth-order valence-electron chi connectivity index (χ4n) is 15.1. The number of nitrogens with zero attached hydrogens (tertiary/aromatic N) is 3. The minimum atomic E-state index is -0.772. The van der Waals surface area contributed by atoms with Crippen molar-refractivity contribution in [2.45, 2.75) is 60.8 Å². The van der Waals surface area contributed by atoms with Crippen molar-refractivity contribution in [3.63, 3.8) is 0 Å². The number of anilines is 9. The molecule has 1 aliphatic heterocycles. The van der Waals surface area contributed by atoms with E-state index in [-0.39, 0.29) is 0 Å². The molecule has 90 heavy (non-hydrogen) atoms. The molecule has 0 spiro atoms. The molecule has 0 amide bonds. The summed E-state index contributed by atoms with van der Waals surface area (Å²) in [6.07, 6.45) is 0. The van der Waals surface area contributed by atoms with Gasteiger partial charge in [0, 0.05) is 39.8 Å². The highest BCUT2D eigenvalue weighted by Gasteiger charge is 2.47. The third kappa shape index (κ3) is 8.55. The summed E-state index contributed by atoms with van der Waals surface area (Å²) in [5.41, 5.74) is 24.3. The molecule has 0 fully saturated rings. The molecule has 432 valence electrons. The maximum atomic E-state index is 2.48. The Morgan fingerprint density at radius 3 is 0.989 bits per heavy atom. The van der Waals surface area contributed by atoms with Crippen molar-refractivity contribution >= 4 is 116 Å². The van der Waals surface area contributed by atoms with Crippen LogP contribution in [0.15, 0.2) is 273 Å². The summed E-state index contributed by atoms with van der Waals surface area (Å²) in [5, 5.41) is 15.1. The zero-order valence-corrected chi connectivity index (χ0v) is 52.3. The fraction of sp³-hybridized carbons (Fsp3) is 0.103. The number of fused-ring (bicyclic) bond motifs is 14. The van der Waals surface area contributed by atoms with E-state index in [9.17, 15) is 0 Å². The van der Waals surface area contributed by atoms with Gasteiger partial charge >= 0.3 is 0 Å². The number of benzene rings is 15. The van der Waals surface area contributed by atoms with Gasteiger partial charge in [-0.25, -0.2) is 0 Å². The predicted octanol–water partition coefficient (Wildman–Crippen LogP) is 24.2. The zero-order chi connectivity index (χ0) is 61.1. The average Bonchev–Trinajstić information content (AvgIpc) is 0.705. The van der Waals surface area contributed by atoms with E-state index >= 15 is 0 Å². The molecule has 15 aromatic carbocycles. The molecular formula is C87H69N3. The van der Waals surface area contributed by atoms with Crippen molar-refractivity contribution in [3.8, 4) is 0 Å². The van der Waals surface area contributed by atoms with Gasteiger partial charge in [0.1, 0.15) is 0 Å². The highest BCUT2D eigenvalue weighted by molar-refractivity contribution is 6.27. The van der Waals surface area contributed by atoms with Crippen LogP contribution in [0, 0.1) is 55.4 Å². The van der Waals surface area contributed by atoms with E-state index in [0.717, 1.165) is 51.2 Å². The summed E-state index contributed by atoms with van der Waals surface area (Å²) >= 11 is 0. The maximum Gasteiger partial charge on any atom is 0.0742 e. The normalized spacial score (nSPS) is 12.7. The first-order valence-electron chi connectivity index (χ1n) is 31.6. The first-order valence-corrected chi connectivity index (χ1v) is 31.6. The molecule has 0 saturated carbocycles. The van der Waals surface area contributed by atoms with Crippen LogP contribution in [0.4, 0.5) is 51.2 Å². The van der Waals surface area contributed by atoms with Crippen LogP contribution in [0.5, 0.6) is 0 Å². The summed E-state index contributed by atoms with van der Waals surface area (Å²) in [6.45, 7) is 17.9. The molecule has 16 rings (SSSR count). The molecule has 0 N–H and O–H groups in total. The minimum absolute atomic E-state index is 0.772. The molecule has 0 atom stereocenters. The summed E-state index contributed by atoms with van der Waals surface area (Å²) in [4.78, 5) is 7.43. The number of para-hydroxylation sites is 1. The fourth-order valence-corrected chi connectivity index (χ4v) is 15.1. The van der Waals surface area contributed by atoms with E-state index in [1.165, 1.54) is 131 Å². The third-order valence-electron chi connectivity index (χ3n) is 20.1. The van der Waals surface area contributed by atoms with Crippen molar-refractivity contribution < 1.29 is 0 Å². The first kappa shape index (κ1) is 54.6. The summed E-state index contributed by atoms with van der Waals surface area (Å²) in [5.74, 6) is 0. The molecule has 0 aromatic heterocycles. The number of rotatable bonds is 9. The minimum Gasteiger partial charge on any atom is -0.310 e. The Bertz CT molecular complexity index is 5020. The average molecular weight is 1160 g/mol. The van der Waals surface area contributed by atoms with Crippen LogP contribution in [-0.4, -0.2) is 0 Å². The molecule has 1 aliphatic rings. The Labute approximate surface area is 528 Å². The van der Waals surface area contributed by atoms with Gasteiger partial charge in [-0.05, 0) is 273 Å². The summed E-state index contributed by atoms with van der Waals surface area (Å²) in [6, 6.07) is 104. The molecule has 3 heteroatoms. The van der Waals surface area contributed by atoms with Gasteiger partial charge in [-0.1, -0.05) is 187 Å². The molecule has 15 aromatic rings. The van der Waals surface area contributed by atoms with Gasteiger partial charge in [0.15, 0.2) is 0 Å². The lowest BCUT2D eigenvalue weighted by atomic mass is 9.62. The summed E-state index contributed by atoms with van der Waals surface area (Å²) in [7, 11) is 0. The van der Waals surface area contributed by atoms with Crippen LogP contribution in [0.2, 0.25) is 0 Å². The number of hydrogen-bond donors (Lipinski definition) is 0. The predicted molar refractivity (Wildman–Crippen MR) is 385 cm³/mol. The van der Waals surface area contributed by atoms with Crippen molar-refractivity contribution in [1.82, 2.24) is 0 Å². The topological polar surface area (TPSA) is 9.72 Å². The van der Waals surface area contributed by atoms with Gasteiger partial charge in [-0.3, -0.25) is 0 Å². The Kier molecular flexibility index (Phi) is 12.9. The number of hydrogen-bond acceptors (Lipinski definition) is 3. The summed E-state index contributed by atoms with van der Waals surface area (Å²) < 4.78 is 0. The third-order valence-corrected chi connectivity index (χ3v) is 20.1. The molecule has 3 nitrogen and oxygen atoms in total. The van der Waals surface area contributed by atoms with Gasteiger partial charge in [0.05, 0.1) is 16.8 Å². The SMILES string of the molecule is Cc1ccc(N2c3ccccc3C(c3ccc(N(c4cc(C)c(C)c(C)c4)c4ccc5c6ccccc6c6ccccc6c5c4)cc3)(c3ccc(N(c4cc(C)c(C)c(C)c4)c4ccc5c6ccccc6c6ccccc6c5c4)cc3)c3cc(C)ccc32)cc1. The Morgan fingerprint density at radius 1 is 0.244 bits per heavy atom. The molecule has 0 unspecified atom stereocenters. The Hall–Kier alpha value is -10.7. The molecule has 0 bridgehead atoms. The van der Waals surface area contributed by atoms with Crippen LogP contribution < -0.4 is 14.7 Å². The second-order valence-electron chi connectivity index (χ2n) is 25.3. The van der Waals surface area contributed by atoms with Crippen molar-refractivity contribution in [1.29, 1.82) is 0 Å². The van der Waals surface area contributed by atoms with Gasteiger partial charge in [0.25, 0.3) is 0 Å². The molecule has 0 aliphatic carbocycles. The second kappa shape index (κ2) is 21.3. The van der Waals surface area contributed by atoms with Gasteiger partial charge < -0.3 is 14.7 Å². The lowest BCUT2D eigenvalue weighted by molar-refractivity contribution is 0.730. The van der Waals surface area contributed by atoms with Gasteiger partial charge in [-0.2, -0.15) is 0 Å². The smallest absolute Gasteiger partial charge is 0.0742 e.